The van der Waals surface area contributed by atoms with E-state index >= 15 is 0 Å². The first kappa shape index (κ1) is 17.5. The van der Waals surface area contributed by atoms with Crippen molar-refractivity contribution in [2.45, 2.75) is 46.5 Å². The average Bonchev–Trinajstić information content (AvgIpc) is 2.44. The van der Waals surface area contributed by atoms with E-state index in [-0.39, 0.29) is 0 Å². The van der Waals surface area contributed by atoms with Gasteiger partial charge in [0.1, 0.15) is 5.75 Å². The first-order valence-electron chi connectivity index (χ1n) is 7.79. The van der Waals surface area contributed by atoms with Gasteiger partial charge in [-0.3, -0.25) is 0 Å². The van der Waals surface area contributed by atoms with Crippen LogP contribution in [-0.4, -0.2) is 19.7 Å². The molecule has 0 aliphatic carbocycles. The first-order valence-corrected chi connectivity index (χ1v) is 8.58. The zero-order chi connectivity index (χ0) is 14.8. The van der Waals surface area contributed by atoms with E-state index in [9.17, 15) is 0 Å². The molecule has 1 rings (SSSR count). The molecule has 0 bridgehead atoms. The summed E-state index contributed by atoms with van der Waals surface area (Å²) in [5.41, 5.74) is 1.38. The molecule has 114 valence electrons. The van der Waals surface area contributed by atoms with Crippen LogP contribution in [0.15, 0.2) is 22.7 Å². The summed E-state index contributed by atoms with van der Waals surface area (Å²) < 4.78 is 6.60. The Bertz CT molecular complexity index is 381. The Labute approximate surface area is 132 Å². The van der Waals surface area contributed by atoms with Crippen molar-refractivity contribution in [3.8, 4) is 5.75 Å². The molecule has 1 aromatic carbocycles. The van der Waals surface area contributed by atoms with Gasteiger partial charge in [0.15, 0.2) is 0 Å². The van der Waals surface area contributed by atoms with E-state index in [4.69, 9.17) is 4.74 Å². The van der Waals surface area contributed by atoms with Crippen LogP contribution in [0.3, 0.4) is 0 Å². The van der Waals surface area contributed by atoms with E-state index in [0.717, 1.165) is 35.7 Å². The van der Waals surface area contributed by atoms with Crippen LogP contribution < -0.4 is 10.1 Å². The van der Waals surface area contributed by atoms with Crippen molar-refractivity contribution in [1.82, 2.24) is 5.32 Å². The Kier molecular flexibility index (Phi) is 8.95. The van der Waals surface area contributed by atoms with Crippen LogP contribution in [0.25, 0.3) is 0 Å². The number of halogens is 1. The van der Waals surface area contributed by atoms with Gasteiger partial charge in [-0.05, 0) is 85.2 Å². The van der Waals surface area contributed by atoms with Gasteiger partial charge in [0.25, 0.3) is 0 Å². The number of benzene rings is 1. The quantitative estimate of drug-likeness (QED) is 0.616. The Morgan fingerprint density at radius 3 is 2.65 bits per heavy atom. The van der Waals surface area contributed by atoms with Gasteiger partial charge in [0.05, 0.1) is 11.1 Å². The molecule has 0 fully saturated rings. The molecule has 0 heterocycles. The lowest BCUT2D eigenvalue weighted by atomic mass is 9.98. The van der Waals surface area contributed by atoms with E-state index in [1.807, 2.05) is 6.92 Å². The molecular weight excluding hydrogens is 314 g/mol. The number of hydrogen-bond donors (Lipinski definition) is 1. The van der Waals surface area contributed by atoms with Gasteiger partial charge in [0, 0.05) is 0 Å². The largest absolute Gasteiger partial charge is 0.493 e. The van der Waals surface area contributed by atoms with Crippen LogP contribution >= 0.6 is 15.9 Å². The lowest BCUT2D eigenvalue weighted by molar-refractivity contribution is 0.338. The minimum Gasteiger partial charge on any atom is -0.493 e. The lowest BCUT2D eigenvalue weighted by Crippen LogP contribution is -2.18. The smallest absolute Gasteiger partial charge is 0.133 e. The fourth-order valence-electron chi connectivity index (χ4n) is 2.18. The summed E-state index contributed by atoms with van der Waals surface area (Å²) in [6.07, 6.45) is 4.86. The SMILES string of the molecule is CCCNCCC(C)CCc1ccc(OCC)c(Br)c1. The third-order valence-corrected chi connectivity index (χ3v) is 4.08. The van der Waals surface area contributed by atoms with Crippen LogP contribution in [-0.2, 0) is 6.42 Å². The van der Waals surface area contributed by atoms with Crippen LogP contribution in [0.5, 0.6) is 5.75 Å². The molecule has 0 saturated carbocycles. The minimum atomic E-state index is 0.708. The van der Waals surface area contributed by atoms with E-state index in [1.165, 1.54) is 24.8 Å². The highest BCUT2D eigenvalue weighted by atomic mass is 79.9. The summed E-state index contributed by atoms with van der Waals surface area (Å²) in [5.74, 6) is 1.71. The van der Waals surface area contributed by atoms with Crippen molar-refractivity contribution >= 4 is 15.9 Å². The normalized spacial score (nSPS) is 12.4. The molecule has 0 aliphatic rings. The first-order chi connectivity index (χ1) is 9.67. The average molecular weight is 342 g/mol. The Morgan fingerprint density at radius 2 is 2.00 bits per heavy atom. The van der Waals surface area contributed by atoms with Gasteiger partial charge in [-0.15, -0.1) is 0 Å². The van der Waals surface area contributed by atoms with Gasteiger partial charge in [0.2, 0.25) is 0 Å². The van der Waals surface area contributed by atoms with Crippen LogP contribution in [0.4, 0.5) is 0 Å². The van der Waals surface area contributed by atoms with Gasteiger partial charge < -0.3 is 10.1 Å². The van der Waals surface area contributed by atoms with E-state index in [0.29, 0.717) is 6.61 Å². The predicted octanol–water partition coefficient (Wildman–Crippen LogP) is 4.81. The molecule has 1 N–H and O–H groups in total. The third-order valence-electron chi connectivity index (χ3n) is 3.46. The molecule has 0 amide bonds. The van der Waals surface area contributed by atoms with Crippen LogP contribution in [0.2, 0.25) is 0 Å². The van der Waals surface area contributed by atoms with Crippen molar-refractivity contribution in [3.63, 3.8) is 0 Å². The van der Waals surface area contributed by atoms with Crippen molar-refractivity contribution in [2.24, 2.45) is 5.92 Å². The van der Waals surface area contributed by atoms with Crippen molar-refractivity contribution in [2.75, 3.05) is 19.7 Å². The number of rotatable bonds is 10. The zero-order valence-electron chi connectivity index (χ0n) is 13.0. The molecule has 0 aromatic heterocycles. The summed E-state index contributed by atoms with van der Waals surface area (Å²) in [7, 11) is 0. The summed E-state index contributed by atoms with van der Waals surface area (Å²) in [5, 5.41) is 3.47. The molecule has 1 unspecified atom stereocenters. The van der Waals surface area contributed by atoms with E-state index in [1.54, 1.807) is 0 Å². The number of hydrogen-bond acceptors (Lipinski definition) is 2. The second kappa shape index (κ2) is 10.2. The molecule has 20 heavy (non-hydrogen) atoms. The highest BCUT2D eigenvalue weighted by molar-refractivity contribution is 9.10. The minimum absolute atomic E-state index is 0.708. The van der Waals surface area contributed by atoms with Crippen molar-refractivity contribution in [1.29, 1.82) is 0 Å². The highest BCUT2D eigenvalue weighted by Gasteiger charge is 2.05. The number of ether oxygens (including phenoxy) is 1. The van der Waals surface area contributed by atoms with E-state index < -0.39 is 0 Å². The van der Waals surface area contributed by atoms with Gasteiger partial charge in [-0.1, -0.05) is 19.9 Å². The number of nitrogens with one attached hydrogen (secondary N) is 1. The van der Waals surface area contributed by atoms with Crippen LogP contribution in [0.1, 0.15) is 45.6 Å². The second-order valence-electron chi connectivity index (χ2n) is 5.38. The summed E-state index contributed by atoms with van der Waals surface area (Å²) in [6, 6.07) is 6.43. The number of aryl methyl sites for hydroxylation is 1. The monoisotopic (exact) mass is 341 g/mol. The molecule has 2 nitrogen and oxygen atoms in total. The van der Waals surface area contributed by atoms with Crippen LogP contribution in [0, 0.1) is 5.92 Å². The lowest BCUT2D eigenvalue weighted by Gasteiger charge is -2.13. The van der Waals surface area contributed by atoms with Gasteiger partial charge in [-0.2, -0.15) is 0 Å². The fraction of sp³-hybridized carbons (Fsp3) is 0.647. The molecule has 3 heteroatoms. The maximum Gasteiger partial charge on any atom is 0.133 e. The standard InChI is InChI=1S/C17H28BrNO/c1-4-11-19-12-10-14(3)6-7-15-8-9-17(20-5-2)16(18)13-15/h8-9,13-14,19H,4-7,10-12H2,1-3H3. The Hall–Kier alpha value is -0.540. The molecule has 0 radical (unpaired) electrons. The third kappa shape index (κ3) is 6.76. The zero-order valence-corrected chi connectivity index (χ0v) is 14.6. The summed E-state index contributed by atoms with van der Waals surface area (Å²) in [6.45, 7) is 9.55. The maximum atomic E-state index is 5.54. The molecule has 0 spiro atoms. The fourth-order valence-corrected chi connectivity index (χ4v) is 2.72. The summed E-state index contributed by atoms with van der Waals surface area (Å²) >= 11 is 3.58. The second-order valence-corrected chi connectivity index (χ2v) is 6.23. The molecule has 1 aromatic rings. The predicted molar refractivity (Wildman–Crippen MR) is 90.6 cm³/mol. The highest BCUT2D eigenvalue weighted by Crippen LogP contribution is 2.27. The van der Waals surface area contributed by atoms with Crippen molar-refractivity contribution in [3.05, 3.63) is 28.2 Å². The summed E-state index contributed by atoms with van der Waals surface area (Å²) in [4.78, 5) is 0. The van der Waals surface area contributed by atoms with Gasteiger partial charge >= 0.3 is 0 Å². The Morgan fingerprint density at radius 1 is 1.20 bits per heavy atom. The topological polar surface area (TPSA) is 21.3 Å². The molecule has 0 aliphatic heterocycles. The van der Waals surface area contributed by atoms with Gasteiger partial charge in [-0.25, -0.2) is 0 Å². The Balaban J connectivity index is 2.32. The molecule has 0 saturated heterocycles. The van der Waals surface area contributed by atoms with E-state index in [2.05, 4.69) is 53.3 Å². The van der Waals surface area contributed by atoms with Crippen molar-refractivity contribution < 1.29 is 4.74 Å². The molecular formula is C17H28BrNO. The maximum absolute atomic E-state index is 5.54. The molecule has 1 atom stereocenters.